The number of nitrogens with zero attached hydrogens (tertiary/aromatic N) is 2. The Balaban J connectivity index is 2.36. The molecule has 3 aromatic rings. The third kappa shape index (κ3) is 1.22. The second-order valence-electron chi connectivity index (χ2n) is 3.21. The lowest BCUT2D eigenvalue weighted by atomic mass is 10.2. The average Bonchev–Trinajstić information content (AvgIpc) is 2.85. The molecular formula is C11H8N2OS. The van der Waals surface area contributed by atoms with Crippen LogP contribution in [0.15, 0.2) is 42.2 Å². The standard InChI is InChI=1S/C11H8N2OS/c14-9-3-7-15-10(9)8-2-1-5-13-6-4-12-11(8)13/h1-7,14H. The van der Waals surface area contributed by atoms with E-state index in [1.54, 1.807) is 12.3 Å². The Morgan fingerprint density at radius 2 is 2.20 bits per heavy atom. The molecule has 0 fully saturated rings. The monoisotopic (exact) mass is 216 g/mol. The lowest BCUT2D eigenvalue weighted by Crippen LogP contribution is -1.85. The number of aromatic nitrogens is 2. The first-order chi connectivity index (χ1) is 7.36. The van der Waals surface area contributed by atoms with Crippen LogP contribution in [0.1, 0.15) is 0 Å². The van der Waals surface area contributed by atoms with E-state index in [2.05, 4.69) is 4.98 Å². The van der Waals surface area contributed by atoms with Gasteiger partial charge in [0.25, 0.3) is 0 Å². The van der Waals surface area contributed by atoms with Gasteiger partial charge in [-0.3, -0.25) is 0 Å². The van der Waals surface area contributed by atoms with Gasteiger partial charge in [-0.1, -0.05) is 0 Å². The van der Waals surface area contributed by atoms with Gasteiger partial charge >= 0.3 is 0 Å². The zero-order chi connectivity index (χ0) is 10.3. The van der Waals surface area contributed by atoms with Crippen LogP contribution in [0.4, 0.5) is 0 Å². The van der Waals surface area contributed by atoms with Gasteiger partial charge in [0.2, 0.25) is 0 Å². The van der Waals surface area contributed by atoms with Gasteiger partial charge < -0.3 is 9.51 Å². The van der Waals surface area contributed by atoms with Crippen LogP contribution in [0.25, 0.3) is 16.1 Å². The van der Waals surface area contributed by atoms with Gasteiger partial charge in [0.15, 0.2) is 0 Å². The normalized spacial score (nSPS) is 10.9. The maximum absolute atomic E-state index is 9.67. The number of thiophene rings is 1. The van der Waals surface area contributed by atoms with Gasteiger partial charge in [-0.15, -0.1) is 11.3 Å². The van der Waals surface area contributed by atoms with Crippen LogP contribution in [0, 0.1) is 0 Å². The molecule has 74 valence electrons. The topological polar surface area (TPSA) is 37.5 Å². The van der Waals surface area contributed by atoms with Crippen molar-refractivity contribution in [3.8, 4) is 16.2 Å². The Hall–Kier alpha value is -1.81. The molecule has 3 heterocycles. The van der Waals surface area contributed by atoms with Crippen molar-refractivity contribution < 1.29 is 5.11 Å². The van der Waals surface area contributed by atoms with Crippen LogP contribution in [-0.4, -0.2) is 14.5 Å². The van der Waals surface area contributed by atoms with Crippen molar-refractivity contribution in [3.63, 3.8) is 0 Å². The Bertz CT molecular complexity index is 612. The van der Waals surface area contributed by atoms with Crippen molar-refractivity contribution in [2.24, 2.45) is 0 Å². The highest BCUT2D eigenvalue weighted by Crippen LogP contribution is 2.36. The third-order valence-corrected chi connectivity index (χ3v) is 3.25. The molecule has 3 nitrogen and oxygen atoms in total. The molecule has 0 aromatic carbocycles. The lowest BCUT2D eigenvalue weighted by Gasteiger charge is -2.01. The molecule has 0 saturated heterocycles. The van der Waals surface area contributed by atoms with Crippen molar-refractivity contribution in [1.82, 2.24) is 9.38 Å². The summed E-state index contributed by atoms with van der Waals surface area (Å²) in [7, 11) is 0. The van der Waals surface area contributed by atoms with Gasteiger partial charge in [0.05, 0.1) is 4.88 Å². The van der Waals surface area contributed by atoms with E-state index in [9.17, 15) is 5.11 Å². The predicted molar refractivity (Wildman–Crippen MR) is 60.2 cm³/mol. The van der Waals surface area contributed by atoms with Crippen LogP contribution in [0.5, 0.6) is 5.75 Å². The fraction of sp³-hybridized carbons (Fsp3) is 0. The van der Waals surface area contributed by atoms with Gasteiger partial charge in [-0.2, -0.15) is 0 Å². The van der Waals surface area contributed by atoms with Crippen molar-refractivity contribution in [2.45, 2.75) is 0 Å². The number of rotatable bonds is 1. The first-order valence-electron chi connectivity index (χ1n) is 4.55. The van der Waals surface area contributed by atoms with Crippen LogP contribution in [0.2, 0.25) is 0 Å². The average molecular weight is 216 g/mol. The van der Waals surface area contributed by atoms with Crippen molar-refractivity contribution in [2.75, 3.05) is 0 Å². The van der Waals surface area contributed by atoms with Gasteiger partial charge in [0.1, 0.15) is 11.4 Å². The Morgan fingerprint density at radius 1 is 1.27 bits per heavy atom. The highest BCUT2D eigenvalue weighted by Gasteiger charge is 2.09. The maximum Gasteiger partial charge on any atom is 0.145 e. The highest BCUT2D eigenvalue weighted by molar-refractivity contribution is 7.14. The zero-order valence-electron chi connectivity index (χ0n) is 7.79. The minimum absolute atomic E-state index is 0.316. The summed E-state index contributed by atoms with van der Waals surface area (Å²) in [6, 6.07) is 5.61. The summed E-state index contributed by atoms with van der Waals surface area (Å²) in [6.45, 7) is 0. The summed E-state index contributed by atoms with van der Waals surface area (Å²) >= 11 is 1.52. The molecule has 0 spiro atoms. The Kier molecular flexibility index (Phi) is 1.76. The van der Waals surface area contributed by atoms with Gasteiger partial charge in [0, 0.05) is 24.2 Å². The van der Waals surface area contributed by atoms with E-state index in [4.69, 9.17) is 0 Å². The molecule has 0 atom stereocenters. The number of hydrogen-bond donors (Lipinski definition) is 1. The van der Waals surface area contributed by atoms with Crippen LogP contribution in [0.3, 0.4) is 0 Å². The molecule has 1 N–H and O–H groups in total. The molecule has 0 amide bonds. The molecule has 0 bridgehead atoms. The number of hydrogen-bond acceptors (Lipinski definition) is 3. The number of aromatic hydroxyl groups is 1. The van der Waals surface area contributed by atoms with E-state index < -0.39 is 0 Å². The molecule has 0 aliphatic heterocycles. The zero-order valence-corrected chi connectivity index (χ0v) is 8.61. The molecule has 3 aromatic heterocycles. The third-order valence-electron chi connectivity index (χ3n) is 2.31. The molecule has 0 unspecified atom stereocenters. The summed E-state index contributed by atoms with van der Waals surface area (Å²) in [5, 5.41) is 11.5. The largest absolute Gasteiger partial charge is 0.506 e. The summed E-state index contributed by atoms with van der Waals surface area (Å²) in [5.41, 5.74) is 1.84. The summed E-state index contributed by atoms with van der Waals surface area (Å²) in [6.07, 6.45) is 5.59. The number of imidazole rings is 1. The molecule has 0 saturated carbocycles. The van der Waals surface area contributed by atoms with E-state index in [-0.39, 0.29) is 0 Å². The van der Waals surface area contributed by atoms with E-state index in [1.807, 2.05) is 34.3 Å². The maximum atomic E-state index is 9.67. The quantitative estimate of drug-likeness (QED) is 0.679. The summed E-state index contributed by atoms with van der Waals surface area (Å²) < 4.78 is 1.94. The molecular weight excluding hydrogens is 208 g/mol. The Morgan fingerprint density at radius 3 is 3.00 bits per heavy atom. The highest BCUT2D eigenvalue weighted by atomic mass is 32.1. The first kappa shape index (κ1) is 8.49. The van der Waals surface area contributed by atoms with Gasteiger partial charge in [-0.25, -0.2) is 4.98 Å². The molecule has 3 rings (SSSR count). The fourth-order valence-electron chi connectivity index (χ4n) is 1.63. The second-order valence-corrected chi connectivity index (χ2v) is 4.13. The second kappa shape index (κ2) is 3.10. The van der Waals surface area contributed by atoms with Crippen LogP contribution in [-0.2, 0) is 0 Å². The van der Waals surface area contributed by atoms with E-state index in [0.717, 1.165) is 16.1 Å². The first-order valence-corrected chi connectivity index (χ1v) is 5.43. The smallest absolute Gasteiger partial charge is 0.145 e. The number of pyridine rings is 1. The summed E-state index contributed by atoms with van der Waals surface area (Å²) in [4.78, 5) is 5.14. The fourth-order valence-corrected chi connectivity index (χ4v) is 2.44. The molecule has 0 aliphatic carbocycles. The van der Waals surface area contributed by atoms with Crippen molar-refractivity contribution >= 4 is 17.0 Å². The minimum Gasteiger partial charge on any atom is -0.506 e. The molecule has 0 aliphatic rings. The summed E-state index contributed by atoms with van der Waals surface area (Å²) in [5.74, 6) is 0.316. The van der Waals surface area contributed by atoms with Crippen molar-refractivity contribution in [1.29, 1.82) is 0 Å². The van der Waals surface area contributed by atoms with E-state index in [0.29, 0.717) is 5.75 Å². The lowest BCUT2D eigenvalue weighted by molar-refractivity contribution is 0.479. The van der Waals surface area contributed by atoms with E-state index >= 15 is 0 Å². The van der Waals surface area contributed by atoms with Crippen molar-refractivity contribution in [3.05, 3.63) is 42.2 Å². The number of fused-ring (bicyclic) bond motifs is 1. The SMILES string of the molecule is Oc1ccsc1-c1cccn2ccnc12. The van der Waals surface area contributed by atoms with Crippen LogP contribution >= 0.6 is 11.3 Å². The van der Waals surface area contributed by atoms with E-state index in [1.165, 1.54) is 11.3 Å². The molecule has 0 radical (unpaired) electrons. The minimum atomic E-state index is 0.316. The van der Waals surface area contributed by atoms with Crippen LogP contribution < -0.4 is 0 Å². The molecule has 15 heavy (non-hydrogen) atoms. The Labute approximate surface area is 90.3 Å². The van der Waals surface area contributed by atoms with Gasteiger partial charge in [-0.05, 0) is 23.6 Å². The predicted octanol–water partition coefficient (Wildman–Crippen LogP) is 2.77. The molecule has 4 heteroatoms.